The average molecular weight is 218 g/mol. The predicted molar refractivity (Wildman–Crippen MR) is 55.8 cm³/mol. The van der Waals surface area contributed by atoms with Crippen molar-refractivity contribution in [3.63, 3.8) is 0 Å². The van der Waals surface area contributed by atoms with Crippen LogP contribution in [0.2, 0.25) is 0 Å². The van der Waals surface area contributed by atoms with Crippen molar-refractivity contribution in [2.45, 2.75) is 6.61 Å². The summed E-state index contributed by atoms with van der Waals surface area (Å²) in [6, 6.07) is 6.63. The summed E-state index contributed by atoms with van der Waals surface area (Å²) in [6.07, 6.45) is 1.61. The monoisotopic (exact) mass is 218 g/mol. The van der Waals surface area contributed by atoms with E-state index in [0.29, 0.717) is 11.3 Å². The molecule has 1 amide bonds. The molecule has 0 fully saturated rings. The first-order chi connectivity index (χ1) is 7.70. The molecule has 0 spiro atoms. The molecule has 6 nitrogen and oxygen atoms in total. The third-order valence-electron chi connectivity index (χ3n) is 2.12. The van der Waals surface area contributed by atoms with Crippen LogP contribution in [-0.2, 0) is 6.61 Å². The SMILES string of the molecule is NC(=O)c1ccc(-n2cc(CO)nn2)cc1. The molecule has 0 bridgehead atoms. The number of carbonyl (C=O) groups is 1. The predicted octanol–water partition coefficient (Wildman–Crippen LogP) is -0.142. The molecule has 0 radical (unpaired) electrons. The number of amides is 1. The highest BCUT2D eigenvalue weighted by Gasteiger charge is 2.03. The zero-order valence-electron chi connectivity index (χ0n) is 8.37. The van der Waals surface area contributed by atoms with E-state index in [1.54, 1.807) is 30.5 Å². The highest BCUT2D eigenvalue weighted by atomic mass is 16.3. The van der Waals surface area contributed by atoms with Gasteiger partial charge in [-0.2, -0.15) is 0 Å². The zero-order valence-corrected chi connectivity index (χ0v) is 8.37. The lowest BCUT2D eigenvalue weighted by Gasteiger charge is -2.00. The number of aliphatic hydroxyl groups is 1. The Bertz CT molecular complexity index is 504. The second-order valence-electron chi connectivity index (χ2n) is 3.22. The van der Waals surface area contributed by atoms with E-state index in [2.05, 4.69) is 10.3 Å². The van der Waals surface area contributed by atoms with E-state index in [9.17, 15) is 4.79 Å². The Morgan fingerprint density at radius 1 is 1.38 bits per heavy atom. The van der Waals surface area contributed by atoms with Crippen molar-refractivity contribution in [3.05, 3.63) is 41.7 Å². The number of benzene rings is 1. The largest absolute Gasteiger partial charge is 0.390 e. The van der Waals surface area contributed by atoms with Gasteiger partial charge < -0.3 is 10.8 Å². The van der Waals surface area contributed by atoms with Crippen molar-refractivity contribution in [2.75, 3.05) is 0 Å². The summed E-state index contributed by atoms with van der Waals surface area (Å²) >= 11 is 0. The molecule has 6 heteroatoms. The fourth-order valence-electron chi connectivity index (χ4n) is 1.28. The Labute approximate surface area is 91.3 Å². The molecule has 82 valence electrons. The first-order valence-corrected chi connectivity index (χ1v) is 4.63. The van der Waals surface area contributed by atoms with Crippen molar-refractivity contribution < 1.29 is 9.90 Å². The van der Waals surface area contributed by atoms with Crippen molar-refractivity contribution in [2.24, 2.45) is 5.73 Å². The second-order valence-corrected chi connectivity index (χ2v) is 3.22. The van der Waals surface area contributed by atoms with Crippen molar-refractivity contribution >= 4 is 5.91 Å². The Kier molecular flexibility index (Phi) is 2.65. The summed E-state index contributed by atoms with van der Waals surface area (Å²) in [5.41, 5.74) is 6.79. The van der Waals surface area contributed by atoms with E-state index in [-0.39, 0.29) is 6.61 Å². The van der Waals surface area contributed by atoms with Crippen LogP contribution in [-0.4, -0.2) is 26.0 Å². The number of primary amides is 1. The maximum atomic E-state index is 10.9. The molecular weight excluding hydrogens is 208 g/mol. The quantitative estimate of drug-likeness (QED) is 0.749. The van der Waals surface area contributed by atoms with Crippen LogP contribution < -0.4 is 5.73 Å². The lowest BCUT2D eigenvalue weighted by molar-refractivity contribution is 0.100. The molecule has 0 aliphatic carbocycles. The fourth-order valence-corrected chi connectivity index (χ4v) is 1.28. The Morgan fingerprint density at radius 2 is 2.06 bits per heavy atom. The van der Waals surface area contributed by atoms with Gasteiger partial charge >= 0.3 is 0 Å². The number of nitrogens with zero attached hydrogens (tertiary/aromatic N) is 3. The first kappa shape index (κ1) is 10.3. The van der Waals surface area contributed by atoms with Gasteiger partial charge in [-0.25, -0.2) is 4.68 Å². The van der Waals surface area contributed by atoms with Crippen LogP contribution in [0.15, 0.2) is 30.5 Å². The number of nitrogens with two attached hydrogens (primary N) is 1. The van der Waals surface area contributed by atoms with Crippen LogP contribution in [0, 0.1) is 0 Å². The third-order valence-corrected chi connectivity index (χ3v) is 2.12. The van der Waals surface area contributed by atoms with E-state index in [1.165, 1.54) is 4.68 Å². The molecular formula is C10H10N4O2. The van der Waals surface area contributed by atoms with E-state index in [4.69, 9.17) is 10.8 Å². The van der Waals surface area contributed by atoms with Gasteiger partial charge in [-0.05, 0) is 24.3 Å². The van der Waals surface area contributed by atoms with Gasteiger partial charge in [0.15, 0.2) is 0 Å². The van der Waals surface area contributed by atoms with Gasteiger partial charge in [-0.15, -0.1) is 5.10 Å². The number of aromatic nitrogens is 3. The average Bonchev–Trinajstić information content (AvgIpc) is 2.77. The molecule has 0 unspecified atom stereocenters. The standard InChI is InChI=1S/C10H10N4O2/c11-10(16)7-1-3-9(4-2-7)14-5-8(6-15)12-13-14/h1-5,15H,6H2,(H2,11,16). The lowest BCUT2D eigenvalue weighted by atomic mass is 10.2. The smallest absolute Gasteiger partial charge is 0.248 e. The van der Waals surface area contributed by atoms with Gasteiger partial charge in [0.05, 0.1) is 18.5 Å². The van der Waals surface area contributed by atoms with Crippen LogP contribution in [0.5, 0.6) is 0 Å². The summed E-state index contributed by atoms with van der Waals surface area (Å²) in [6.45, 7) is -0.153. The Balaban J connectivity index is 2.30. The lowest BCUT2D eigenvalue weighted by Crippen LogP contribution is -2.10. The van der Waals surface area contributed by atoms with E-state index in [0.717, 1.165) is 5.69 Å². The summed E-state index contributed by atoms with van der Waals surface area (Å²) < 4.78 is 1.51. The Hall–Kier alpha value is -2.21. The highest BCUT2D eigenvalue weighted by molar-refractivity contribution is 5.92. The van der Waals surface area contributed by atoms with Crippen LogP contribution in [0.25, 0.3) is 5.69 Å². The number of aliphatic hydroxyl groups excluding tert-OH is 1. The van der Waals surface area contributed by atoms with Gasteiger partial charge in [0.25, 0.3) is 0 Å². The normalized spacial score (nSPS) is 10.3. The molecule has 0 aliphatic heterocycles. The highest BCUT2D eigenvalue weighted by Crippen LogP contribution is 2.08. The molecule has 2 rings (SSSR count). The van der Waals surface area contributed by atoms with Gasteiger partial charge in [0, 0.05) is 5.56 Å². The minimum Gasteiger partial charge on any atom is -0.390 e. The van der Waals surface area contributed by atoms with Crippen LogP contribution in [0.3, 0.4) is 0 Å². The molecule has 16 heavy (non-hydrogen) atoms. The summed E-state index contributed by atoms with van der Waals surface area (Å²) in [7, 11) is 0. The maximum absolute atomic E-state index is 10.9. The van der Waals surface area contributed by atoms with E-state index < -0.39 is 5.91 Å². The van der Waals surface area contributed by atoms with Crippen molar-refractivity contribution in [3.8, 4) is 5.69 Å². The topological polar surface area (TPSA) is 94.0 Å². The molecule has 1 aromatic heterocycles. The summed E-state index contributed by atoms with van der Waals surface area (Å²) in [5, 5.41) is 16.4. The van der Waals surface area contributed by atoms with Crippen molar-refractivity contribution in [1.29, 1.82) is 0 Å². The summed E-state index contributed by atoms with van der Waals surface area (Å²) in [5.74, 6) is -0.471. The van der Waals surface area contributed by atoms with Gasteiger partial charge in [-0.1, -0.05) is 5.21 Å². The molecule has 3 N–H and O–H groups in total. The van der Waals surface area contributed by atoms with Gasteiger partial charge in [0.2, 0.25) is 5.91 Å². The molecule has 0 aliphatic rings. The first-order valence-electron chi connectivity index (χ1n) is 4.63. The number of hydrogen-bond acceptors (Lipinski definition) is 4. The molecule has 0 atom stereocenters. The second kappa shape index (κ2) is 4.11. The fraction of sp³-hybridized carbons (Fsp3) is 0.100. The minimum absolute atomic E-state index is 0.153. The van der Waals surface area contributed by atoms with E-state index in [1.807, 2.05) is 0 Å². The molecule has 0 saturated heterocycles. The zero-order chi connectivity index (χ0) is 11.5. The Morgan fingerprint density at radius 3 is 2.56 bits per heavy atom. The van der Waals surface area contributed by atoms with Gasteiger partial charge in [-0.3, -0.25) is 4.79 Å². The van der Waals surface area contributed by atoms with Crippen molar-refractivity contribution in [1.82, 2.24) is 15.0 Å². The van der Waals surface area contributed by atoms with E-state index >= 15 is 0 Å². The molecule has 1 aromatic carbocycles. The van der Waals surface area contributed by atoms with Crippen LogP contribution in [0.4, 0.5) is 0 Å². The number of carbonyl (C=O) groups excluding carboxylic acids is 1. The third kappa shape index (κ3) is 1.91. The molecule has 0 saturated carbocycles. The number of hydrogen-bond donors (Lipinski definition) is 2. The van der Waals surface area contributed by atoms with Crippen LogP contribution >= 0.6 is 0 Å². The summed E-state index contributed by atoms with van der Waals surface area (Å²) in [4.78, 5) is 10.9. The minimum atomic E-state index is -0.471. The molecule has 1 heterocycles. The van der Waals surface area contributed by atoms with Gasteiger partial charge in [0.1, 0.15) is 5.69 Å². The number of rotatable bonds is 3. The molecule has 2 aromatic rings. The maximum Gasteiger partial charge on any atom is 0.248 e. The van der Waals surface area contributed by atoms with Crippen LogP contribution in [0.1, 0.15) is 16.1 Å².